The van der Waals surface area contributed by atoms with Crippen molar-refractivity contribution in [3.8, 4) is 0 Å². The van der Waals surface area contributed by atoms with E-state index in [4.69, 9.17) is 16.7 Å². The number of hydrogen-bond donors (Lipinski definition) is 2. The van der Waals surface area contributed by atoms with E-state index in [1.54, 1.807) is 31.2 Å². The topological polar surface area (TPSA) is 104 Å². The zero-order chi connectivity index (χ0) is 17.9. The maximum Gasteiger partial charge on any atom is 0.322 e. The van der Waals surface area contributed by atoms with Crippen LogP contribution in [0.15, 0.2) is 24.3 Å². The van der Waals surface area contributed by atoms with Crippen molar-refractivity contribution in [3.63, 3.8) is 0 Å². The molecule has 1 aliphatic rings. The van der Waals surface area contributed by atoms with Crippen LogP contribution in [0.1, 0.15) is 12.5 Å². The van der Waals surface area contributed by atoms with Crippen LogP contribution < -0.4 is 5.32 Å². The predicted molar refractivity (Wildman–Crippen MR) is 85.2 cm³/mol. The molecule has 2 rings (SSSR count). The minimum absolute atomic E-state index is 0.211. The first-order chi connectivity index (χ1) is 11.3. The van der Waals surface area contributed by atoms with Crippen molar-refractivity contribution >= 4 is 35.2 Å². The van der Waals surface area contributed by atoms with E-state index < -0.39 is 41.9 Å². The summed E-state index contributed by atoms with van der Waals surface area (Å²) in [5, 5.41) is 11.3. The fourth-order valence-electron chi connectivity index (χ4n) is 2.56. The molecule has 2 atom stereocenters. The molecule has 2 amide bonds. The maximum atomic E-state index is 12.5. The molecule has 0 aliphatic carbocycles. The first-order valence-corrected chi connectivity index (χ1v) is 7.74. The molecule has 24 heavy (non-hydrogen) atoms. The lowest BCUT2D eigenvalue weighted by atomic mass is 9.87. The fraction of sp³-hybridized carbons (Fsp3) is 0.375. The lowest BCUT2D eigenvalue weighted by Crippen LogP contribution is -2.55. The van der Waals surface area contributed by atoms with Gasteiger partial charge in [-0.05, 0) is 17.7 Å². The second-order valence-corrected chi connectivity index (χ2v) is 6.13. The van der Waals surface area contributed by atoms with Gasteiger partial charge in [0, 0.05) is 24.0 Å². The lowest BCUT2D eigenvalue weighted by molar-refractivity contribution is -0.155. The summed E-state index contributed by atoms with van der Waals surface area (Å²) in [6.45, 7) is 1.46. The van der Waals surface area contributed by atoms with Gasteiger partial charge >= 0.3 is 5.97 Å². The highest BCUT2D eigenvalue weighted by Crippen LogP contribution is 2.22. The van der Waals surface area contributed by atoms with E-state index >= 15 is 0 Å². The molecule has 0 aromatic heterocycles. The minimum Gasteiger partial charge on any atom is -0.480 e. The zero-order valence-corrected chi connectivity index (χ0v) is 13.7. The third kappa shape index (κ3) is 4.11. The summed E-state index contributed by atoms with van der Waals surface area (Å²) in [6, 6.07) is 6.90. The first kappa shape index (κ1) is 17.9. The van der Waals surface area contributed by atoms with Crippen molar-refractivity contribution in [1.82, 2.24) is 10.2 Å². The third-order valence-corrected chi connectivity index (χ3v) is 4.04. The number of aliphatic carboxylic acids is 1. The molecule has 0 spiro atoms. The number of nitrogens with one attached hydrogen (secondary N) is 1. The summed E-state index contributed by atoms with van der Waals surface area (Å²) < 4.78 is 0. The van der Waals surface area contributed by atoms with Crippen LogP contribution in [0, 0.1) is 11.8 Å². The Morgan fingerprint density at radius 2 is 1.92 bits per heavy atom. The number of hydrogen-bond acceptors (Lipinski definition) is 4. The van der Waals surface area contributed by atoms with Crippen molar-refractivity contribution in [2.75, 3.05) is 13.1 Å². The van der Waals surface area contributed by atoms with Gasteiger partial charge in [0.1, 0.15) is 6.54 Å². The smallest absolute Gasteiger partial charge is 0.322 e. The molecule has 2 N–H and O–H groups in total. The van der Waals surface area contributed by atoms with Crippen molar-refractivity contribution in [1.29, 1.82) is 0 Å². The molecule has 0 saturated carbocycles. The Morgan fingerprint density at radius 3 is 2.50 bits per heavy atom. The molecule has 0 bridgehead atoms. The van der Waals surface area contributed by atoms with Gasteiger partial charge in [-0.1, -0.05) is 30.7 Å². The number of benzene rings is 1. The third-order valence-electron chi connectivity index (χ3n) is 3.79. The highest BCUT2D eigenvalue weighted by Gasteiger charge is 2.44. The van der Waals surface area contributed by atoms with Crippen LogP contribution in [0.2, 0.25) is 5.02 Å². The highest BCUT2D eigenvalue weighted by atomic mass is 35.5. The van der Waals surface area contributed by atoms with E-state index in [1.807, 2.05) is 0 Å². The Balaban J connectivity index is 2.14. The molecule has 0 radical (unpaired) electrons. The van der Waals surface area contributed by atoms with Crippen LogP contribution >= 0.6 is 11.6 Å². The Bertz CT molecular complexity index is 674. The standard InChI is InChI=1S/C16H17ClN2O5/c1-9-7-19(8-10-2-4-11(17)5-3-10)16(24)13(14(9)22)15(23)18-6-12(20)21/h2-5,9,13H,6-8H2,1H3,(H,18,23)(H,20,21). The number of amides is 2. The number of halogens is 1. The van der Waals surface area contributed by atoms with E-state index in [9.17, 15) is 19.2 Å². The van der Waals surface area contributed by atoms with E-state index in [1.165, 1.54) is 4.90 Å². The molecule has 128 valence electrons. The lowest BCUT2D eigenvalue weighted by Gasteiger charge is -2.34. The second kappa shape index (κ2) is 7.44. The summed E-state index contributed by atoms with van der Waals surface area (Å²) in [5.74, 6) is -5.23. The van der Waals surface area contributed by atoms with Gasteiger partial charge < -0.3 is 15.3 Å². The Hall–Kier alpha value is -2.41. The average molecular weight is 353 g/mol. The van der Waals surface area contributed by atoms with Crippen LogP contribution in [0.5, 0.6) is 0 Å². The summed E-state index contributed by atoms with van der Waals surface area (Å²) in [6.07, 6.45) is 0. The number of likely N-dealkylation sites (tertiary alicyclic amines) is 1. The van der Waals surface area contributed by atoms with Crippen LogP contribution in [-0.4, -0.2) is 46.7 Å². The fourth-order valence-corrected chi connectivity index (χ4v) is 2.68. The number of carboxylic acid groups (broad SMARTS) is 1. The van der Waals surface area contributed by atoms with Gasteiger partial charge in [-0.15, -0.1) is 0 Å². The van der Waals surface area contributed by atoms with Gasteiger partial charge in [0.05, 0.1) is 0 Å². The Morgan fingerprint density at radius 1 is 1.29 bits per heavy atom. The molecule has 1 saturated heterocycles. The molecule has 1 aromatic carbocycles. The molecule has 8 heteroatoms. The van der Waals surface area contributed by atoms with Gasteiger partial charge in [-0.2, -0.15) is 0 Å². The van der Waals surface area contributed by atoms with Gasteiger partial charge in [-0.25, -0.2) is 0 Å². The number of carboxylic acids is 1. The molecule has 1 heterocycles. The Labute approximate surface area is 143 Å². The predicted octanol–water partition coefficient (Wildman–Crippen LogP) is 0.704. The van der Waals surface area contributed by atoms with E-state index in [-0.39, 0.29) is 13.1 Å². The molecule has 1 fully saturated rings. The van der Waals surface area contributed by atoms with Gasteiger partial charge in [0.15, 0.2) is 11.7 Å². The summed E-state index contributed by atoms with van der Waals surface area (Å²) >= 11 is 5.82. The second-order valence-electron chi connectivity index (χ2n) is 5.69. The number of piperidine rings is 1. The molecule has 1 aliphatic heterocycles. The largest absolute Gasteiger partial charge is 0.480 e. The summed E-state index contributed by atoms with van der Waals surface area (Å²) in [4.78, 5) is 48.7. The number of carbonyl (C=O) groups is 4. The van der Waals surface area contributed by atoms with Crippen LogP contribution in [-0.2, 0) is 25.7 Å². The van der Waals surface area contributed by atoms with E-state index in [0.29, 0.717) is 5.02 Å². The molecular formula is C16H17ClN2O5. The highest BCUT2D eigenvalue weighted by molar-refractivity contribution is 6.30. The van der Waals surface area contributed by atoms with Gasteiger partial charge in [0.2, 0.25) is 11.8 Å². The van der Waals surface area contributed by atoms with Crippen LogP contribution in [0.4, 0.5) is 0 Å². The molecule has 2 unspecified atom stereocenters. The van der Waals surface area contributed by atoms with E-state index in [2.05, 4.69) is 5.32 Å². The summed E-state index contributed by atoms with van der Waals surface area (Å²) in [7, 11) is 0. The maximum absolute atomic E-state index is 12.5. The number of Topliss-reactive ketones (excluding diaryl/α,β-unsaturated/α-hetero) is 1. The zero-order valence-electron chi connectivity index (χ0n) is 13.0. The normalized spacial score (nSPS) is 20.8. The van der Waals surface area contributed by atoms with Crippen LogP contribution in [0.25, 0.3) is 0 Å². The first-order valence-electron chi connectivity index (χ1n) is 7.36. The minimum atomic E-state index is -1.50. The van der Waals surface area contributed by atoms with E-state index in [0.717, 1.165) is 5.56 Å². The van der Waals surface area contributed by atoms with Crippen molar-refractivity contribution in [3.05, 3.63) is 34.9 Å². The van der Waals surface area contributed by atoms with Crippen molar-refractivity contribution in [2.24, 2.45) is 11.8 Å². The monoisotopic (exact) mass is 352 g/mol. The number of ketones is 1. The number of carbonyl (C=O) groups excluding carboxylic acids is 3. The summed E-state index contributed by atoms with van der Waals surface area (Å²) in [5.41, 5.74) is 0.819. The molecule has 1 aromatic rings. The van der Waals surface area contributed by atoms with Gasteiger partial charge in [0.25, 0.3) is 0 Å². The number of rotatable bonds is 5. The molecular weight excluding hydrogens is 336 g/mol. The van der Waals surface area contributed by atoms with Crippen LogP contribution in [0.3, 0.4) is 0 Å². The average Bonchev–Trinajstić information content (AvgIpc) is 2.53. The van der Waals surface area contributed by atoms with Crippen molar-refractivity contribution < 1.29 is 24.3 Å². The van der Waals surface area contributed by atoms with Crippen molar-refractivity contribution in [2.45, 2.75) is 13.5 Å². The van der Waals surface area contributed by atoms with Gasteiger partial charge in [-0.3, -0.25) is 19.2 Å². The Kier molecular flexibility index (Phi) is 5.56. The SMILES string of the molecule is CC1CN(Cc2ccc(Cl)cc2)C(=O)C(C(=O)NCC(=O)O)C1=O. The molecule has 7 nitrogen and oxygen atoms in total. The quantitative estimate of drug-likeness (QED) is 0.759. The number of nitrogens with zero attached hydrogens (tertiary/aromatic N) is 1.